The van der Waals surface area contributed by atoms with Crippen molar-refractivity contribution in [2.75, 3.05) is 13.1 Å². The fourth-order valence-electron chi connectivity index (χ4n) is 2.72. The highest BCUT2D eigenvalue weighted by Crippen LogP contribution is 2.36. The van der Waals surface area contributed by atoms with Gasteiger partial charge in [-0.05, 0) is 31.6 Å². The van der Waals surface area contributed by atoms with Crippen LogP contribution in [0.1, 0.15) is 32.6 Å². The number of piperidine rings is 1. The standard InChI is InChI=1S/C12H19NO3/c1-8-3-2-6-13(7-8)11(14)9-4-5-10(9)12(15)16/h8-10H,2-7H2,1H3,(H,15,16). The molecule has 90 valence electrons. The number of rotatable bonds is 2. The molecule has 0 aromatic heterocycles. The average molecular weight is 225 g/mol. The van der Waals surface area contributed by atoms with Crippen molar-refractivity contribution in [3.05, 3.63) is 0 Å². The average Bonchev–Trinajstić information content (AvgIpc) is 2.14. The Kier molecular flexibility index (Phi) is 3.17. The Bertz CT molecular complexity index is 303. The topological polar surface area (TPSA) is 57.6 Å². The minimum atomic E-state index is -0.811. The number of hydrogen-bond donors (Lipinski definition) is 1. The fraction of sp³-hybridized carbons (Fsp3) is 0.833. The van der Waals surface area contributed by atoms with Crippen LogP contribution in [0.25, 0.3) is 0 Å². The van der Waals surface area contributed by atoms with Gasteiger partial charge < -0.3 is 10.0 Å². The lowest BCUT2D eigenvalue weighted by Crippen LogP contribution is -2.48. The molecular weight excluding hydrogens is 206 g/mol. The largest absolute Gasteiger partial charge is 0.481 e. The lowest BCUT2D eigenvalue weighted by molar-refractivity contribution is -0.157. The van der Waals surface area contributed by atoms with Gasteiger partial charge in [0.05, 0.1) is 11.8 Å². The summed E-state index contributed by atoms with van der Waals surface area (Å²) in [5.41, 5.74) is 0. The molecule has 2 rings (SSSR count). The monoisotopic (exact) mass is 225 g/mol. The molecule has 4 nitrogen and oxygen atoms in total. The van der Waals surface area contributed by atoms with Crippen LogP contribution in [0.15, 0.2) is 0 Å². The molecule has 1 amide bonds. The lowest BCUT2D eigenvalue weighted by atomic mass is 9.72. The van der Waals surface area contributed by atoms with Gasteiger partial charge >= 0.3 is 5.97 Å². The molecule has 0 radical (unpaired) electrons. The highest BCUT2D eigenvalue weighted by molar-refractivity contribution is 5.86. The van der Waals surface area contributed by atoms with Crippen molar-refractivity contribution >= 4 is 11.9 Å². The molecule has 2 aliphatic rings. The maximum absolute atomic E-state index is 12.1. The van der Waals surface area contributed by atoms with Crippen molar-refractivity contribution in [2.45, 2.75) is 32.6 Å². The molecule has 0 aromatic rings. The van der Waals surface area contributed by atoms with Crippen LogP contribution < -0.4 is 0 Å². The van der Waals surface area contributed by atoms with Crippen molar-refractivity contribution in [1.29, 1.82) is 0 Å². The second-order valence-electron chi connectivity index (χ2n) is 5.16. The van der Waals surface area contributed by atoms with Crippen LogP contribution in [0.4, 0.5) is 0 Å². The fourth-order valence-corrected chi connectivity index (χ4v) is 2.72. The highest BCUT2D eigenvalue weighted by Gasteiger charge is 2.43. The minimum absolute atomic E-state index is 0.0743. The van der Waals surface area contributed by atoms with E-state index in [9.17, 15) is 9.59 Å². The van der Waals surface area contributed by atoms with Gasteiger partial charge in [-0.1, -0.05) is 6.92 Å². The quantitative estimate of drug-likeness (QED) is 0.772. The Morgan fingerprint density at radius 1 is 1.19 bits per heavy atom. The van der Waals surface area contributed by atoms with Crippen LogP contribution in [0.2, 0.25) is 0 Å². The van der Waals surface area contributed by atoms with Crippen LogP contribution in [0.5, 0.6) is 0 Å². The molecule has 4 heteroatoms. The molecular formula is C12H19NO3. The second-order valence-corrected chi connectivity index (χ2v) is 5.16. The molecule has 16 heavy (non-hydrogen) atoms. The Morgan fingerprint density at radius 3 is 2.38 bits per heavy atom. The molecule has 0 spiro atoms. The molecule has 1 heterocycles. The Labute approximate surface area is 95.6 Å². The van der Waals surface area contributed by atoms with E-state index in [0.29, 0.717) is 12.3 Å². The Morgan fingerprint density at radius 2 is 1.88 bits per heavy atom. The number of amides is 1. The van der Waals surface area contributed by atoms with Crippen LogP contribution in [0, 0.1) is 17.8 Å². The molecule has 0 aromatic carbocycles. The van der Waals surface area contributed by atoms with Gasteiger partial charge in [0.1, 0.15) is 0 Å². The minimum Gasteiger partial charge on any atom is -0.481 e. The summed E-state index contributed by atoms with van der Waals surface area (Å²) in [4.78, 5) is 24.8. The van der Waals surface area contributed by atoms with Gasteiger partial charge in [-0.15, -0.1) is 0 Å². The predicted octanol–water partition coefficient (Wildman–Crippen LogP) is 1.36. The molecule has 3 atom stereocenters. The highest BCUT2D eigenvalue weighted by atomic mass is 16.4. The van der Waals surface area contributed by atoms with E-state index in [2.05, 4.69) is 6.92 Å². The molecule has 3 unspecified atom stereocenters. The number of carbonyl (C=O) groups excluding carboxylic acids is 1. The third-order valence-electron chi connectivity index (χ3n) is 3.88. The summed E-state index contributed by atoms with van der Waals surface area (Å²) in [6.45, 7) is 3.77. The van der Waals surface area contributed by atoms with Gasteiger partial charge in [0.15, 0.2) is 0 Å². The van der Waals surface area contributed by atoms with Gasteiger partial charge in [-0.25, -0.2) is 0 Å². The van der Waals surface area contributed by atoms with Crippen molar-refractivity contribution in [2.24, 2.45) is 17.8 Å². The van der Waals surface area contributed by atoms with E-state index < -0.39 is 11.9 Å². The smallest absolute Gasteiger partial charge is 0.307 e. The number of carboxylic acids is 1. The van der Waals surface area contributed by atoms with E-state index in [1.54, 1.807) is 0 Å². The Hall–Kier alpha value is -1.06. The van der Waals surface area contributed by atoms with Crippen LogP contribution in [-0.4, -0.2) is 35.0 Å². The van der Waals surface area contributed by atoms with Gasteiger partial charge in [0.2, 0.25) is 5.91 Å². The first-order chi connectivity index (χ1) is 7.59. The van der Waals surface area contributed by atoms with Crippen LogP contribution >= 0.6 is 0 Å². The first-order valence-electron chi connectivity index (χ1n) is 6.11. The molecule has 1 saturated heterocycles. The van der Waals surface area contributed by atoms with E-state index in [-0.39, 0.29) is 11.8 Å². The first kappa shape index (κ1) is 11.4. The summed E-state index contributed by atoms with van der Waals surface area (Å²) < 4.78 is 0. The maximum Gasteiger partial charge on any atom is 0.307 e. The molecule has 0 bridgehead atoms. The number of carboxylic acid groups (broad SMARTS) is 1. The Balaban J connectivity index is 1.94. The number of carbonyl (C=O) groups is 2. The van der Waals surface area contributed by atoms with Gasteiger partial charge in [0.25, 0.3) is 0 Å². The molecule has 1 aliphatic carbocycles. The number of likely N-dealkylation sites (tertiary alicyclic amines) is 1. The maximum atomic E-state index is 12.1. The summed E-state index contributed by atoms with van der Waals surface area (Å²) >= 11 is 0. The molecule has 1 N–H and O–H groups in total. The van der Waals surface area contributed by atoms with Crippen LogP contribution in [-0.2, 0) is 9.59 Å². The SMILES string of the molecule is CC1CCCN(C(=O)C2CCC2C(=O)O)C1. The third kappa shape index (κ3) is 2.06. The van der Waals surface area contributed by atoms with E-state index in [4.69, 9.17) is 5.11 Å². The normalized spacial score (nSPS) is 34.3. The zero-order valence-electron chi connectivity index (χ0n) is 9.69. The summed E-state index contributed by atoms with van der Waals surface area (Å²) in [7, 11) is 0. The first-order valence-corrected chi connectivity index (χ1v) is 6.11. The zero-order chi connectivity index (χ0) is 11.7. The van der Waals surface area contributed by atoms with Gasteiger partial charge in [-0.2, -0.15) is 0 Å². The number of hydrogen-bond acceptors (Lipinski definition) is 2. The summed E-state index contributed by atoms with van der Waals surface area (Å²) in [6.07, 6.45) is 3.64. The van der Waals surface area contributed by atoms with Crippen molar-refractivity contribution in [3.63, 3.8) is 0 Å². The molecule has 1 aliphatic heterocycles. The van der Waals surface area contributed by atoms with Crippen LogP contribution in [0.3, 0.4) is 0 Å². The van der Waals surface area contributed by atoms with Gasteiger partial charge in [-0.3, -0.25) is 9.59 Å². The number of aliphatic carboxylic acids is 1. The zero-order valence-corrected chi connectivity index (χ0v) is 9.69. The van der Waals surface area contributed by atoms with Crippen molar-refractivity contribution < 1.29 is 14.7 Å². The van der Waals surface area contributed by atoms with Crippen molar-refractivity contribution in [3.8, 4) is 0 Å². The van der Waals surface area contributed by atoms with E-state index in [1.807, 2.05) is 4.90 Å². The number of nitrogens with zero attached hydrogens (tertiary/aromatic N) is 1. The van der Waals surface area contributed by atoms with E-state index in [0.717, 1.165) is 25.9 Å². The summed E-state index contributed by atoms with van der Waals surface area (Å²) in [6, 6.07) is 0. The van der Waals surface area contributed by atoms with Gasteiger partial charge in [0, 0.05) is 13.1 Å². The second kappa shape index (κ2) is 4.44. The summed E-state index contributed by atoms with van der Waals surface area (Å²) in [5.74, 6) is -0.853. The summed E-state index contributed by atoms with van der Waals surface area (Å²) in [5, 5.41) is 8.93. The lowest BCUT2D eigenvalue weighted by Gasteiger charge is -2.39. The van der Waals surface area contributed by atoms with E-state index >= 15 is 0 Å². The van der Waals surface area contributed by atoms with Crippen molar-refractivity contribution in [1.82, 2.24) is 4.90 Å². The third-order valence-corrected chi connectivity index (χ3v) is 3.88. The molecule has 2 fully saturated rings. The predicted molar refractivity (Wildman–Crippen MR) is 58.8 cm³/mol. The van der Waals surface area contributed by atoms with E-state index in [1.165, 1.54) is 6.42 Å². The molecule has 1 saturated carbocycles.